The summed E-state index contributed by atoms with van der Waals surface area (Å²) in [5, 5.41) is 2.25. The van der Waals surface area contributed by atoms with Crippen LogP contribution in [0, 0.1) is 0 Å². The molecule has 0 spiro atoms. The molecule has 0 aliphatic carbocycles. The molecule has 0 saturated heterocycles. The number of methoxy groups -OCH3 is 3. The smallest absolute Gasteiger partial charge is 0.293 e. The second kappa shape index (κ2) is 8.72. The standard InChI is InChI=1S/C16H17N3O6S/c1-22-11-7-9(8-12(23-2)13(11)24-3)14(20)18-19-16(26)17-15(21)10-5-4-6-25-10/h4-8H,1-3H3,(H,18,20)(H2,17,19,21,26). The van der Waals surface area contributed by atoms with E-state index in [1.807, 2.05) is 0 Å². The largest absolute Gasteiger partial charge is 0.493 e. The molecule has 138 valence electrons. The molecule has 0 aliphatic rings. The maximum atomic E-state index is 12.3. The average molecular weight is 379 g/mol. The van der Waals surface area contributed by atoms with E-state index in [4.69, 9.17) is 30.8 Å². The molecule has 2 rings (SSSR count). The maximum absolute atomic E-state index is 12.3. The topological polar surface area (TPSA) is 111 Å². The van der Waals surface area contributed by atoms with Gasteiger partial charge in [-0.2, -0.15) is 0 Å². The lowest BCUT2D eigenvalue weighted by molar-refractivity contribution is 0.0926. The predicted octanol–water partition coefficient (Wildman–Crippen LogP) is 1.25. The summed E-state index contributed by atoms with van der Waals surface area (Å²) in [4.78, 5) is 24.1. The van der Waals surface area contributed by atoms with Gasteiger partial charge in [-0.15, -0.1) is 0 Å². The Balaban J connectivity index is 2.01. The van der Waals surface area contributed by atoms with E-state index in [9.17, 15) is 9.59 Å². The van der Waals surface area contributed by atoms with Gasteiger partial charge in [0.2, 0.25) is 5.75 Å². The van der Waals surface area contributed by atoms with Crippen LogP contribution >= 0.6 is 12.2 Å². The fraction of sp³-hybridized carbons (Fsp3) is 0.188. The molecule has 1 aromatic heterocycles. The Kier molecular flexibility index (Phi) is 6.39. The van der Waals surface area contributed by atoms with Crippen molar-refractivity contribution in [3.63, 3.8) is 0 Å². The molecule has 1 heterocycles. The lowest BCUT2D eigenvalue weighted by atomic mass is 10.1. The van der Waals surface area contributed by atoms with E-state index in [1.165, 1.54) is 45.8 Å². The van der Waals surface area contributed by atoms with Crippen LogP contribution in [-0.4, -0.2) is 38.3 Å². The van der Waals surface area contributed by atoms with E-state index in [1.54, 1.807) is 6.07 Å². The monoisotopic (exact) mass is 379 g/mol. The van der Waals surface area contributed by atoms with Crippen molar-refractivity contribution in [2.24, 2.45) is 0 Å². The number of ether oxygens (including phenoxy) is 3. The molecule has 2 aromatic rings. The van der Waals surface area contributed by atoms with Gasteiger partial charge < -0.3 is 18.6 Å². The van der Waals surface area contributed by atoms with Crippen LogP contribution in [-0.2, 0) is 0 Å². The Hall–Kier alpha value is -3.27. The number of hydrogen-bond donors (Lipinski definition) is 3. The molecule has 0 bridgehead atoms. The van der Waals surface area contributed by atoms with Gasteiger partial charge in [-0.3, -0.25) is 25.8 Å². The van der Waals surface area contributed by atoms with Crippen LogP contribution < -0.4 is 30.4 Å². The zero-order chi connectivity index (χ0) is 19.1. The van der Waals surface area contributed by atoms with Crippen molar-refractivity contribution in [3.8, 4) is 17.2 Å². The lowest BCUT2D eigenvalue weighted by Gasteiger charge is -2.14. The molecule has 0 radical (unpaired) electrons. The first kappa shape index (κ1) is 19.1. The minimum absolute atomic E-state index is 0.0881. The van der Waals surface area contributed by atoms with E-state index in [2.05, 4.69) is 16.2 Å². The summed E-state index contributed by atoms with van der Waals surface area (Å²) in [6.07, 6.45) is 1.36. The van der Waals surface area contributed by atoms with Crippen LogP contribution in [0.5, 0.6) is 17.2 Å². The van der Waals surface area contributed by atoms with Crippen molar-refractivity contribution in [2.45, 2.75) is 0 Å². The van der Waals surface area contributed by atoms with E-state index >= 15 is 0 Å². The van der Waals surface area contributed by atoms with Crippen LogP contribution in [0.15, 0.2) is 34.9 Å². The molecular weight excluding hydrogens is 362 g/mol. The van der Waals surface area contributed by atoms with E-state index in [-0.39, 0.29) is 16.4 Å². The number of carbonyl (C=O) groups excluding carboxylic acids is 2. The van der Waals surface area contributed by atoms with E-state index < -0.39 is 11.8 Å². The van der Waals surface area contributed by atoms with Gasteiger partial charge in [-0.25, -0.2) is 0 Å². The number of hydrazine groups is 1. The highest BCUT2D eigenvalue weighted by molar-refractivity contribution is 7.80. The molecule has 10 heteroatoms. The third-order valence-corrected chi connectivity index (χ3v) is 3.39. The zero-order valence-electron chi connectivity index (χ0n) is 14.2. The predicted molar refractivity (Wildman–Crippen MR) is 95.5 cm³/mol. The maximum Gasteiger partial charge on any atom is 0.293 e. The van der Waals surface area contributed by atoms with Gasteiger partial charge in [0, 0.05) is 5.56 Å². The second-order valence-electron chi connectivity index (χ2n) is 4.75. The molecule has 0 saturated carbocycles. The lowest BCUT2D eigenvalue weighted by Crippen LogP contribution is -2.48. The SMILES string of the molecule is COc1cc(C(=O)NNC(=S)NC(=O)c2ccco2)cc(OC)c1OC. The van der Waals surface area contributed by atoms with Crippen LogP contribution in [0.1, 0.15) is 20.9 Å². The molecule has 0 atom stereocenters. The Labute approximate surface area is 154 Å². The van der Waals surface area contributed by atoms with Crippen molar-refractivity contribution in [2.75, 3.05) is 21.3 Å². The third-order valence-electron chi connectivity index (χ3n) is 3.19. The summed E-state index contributed by atoms with van der Waals surface area (Å²) >= 11 is 4.94. The number of rotatable bonds is 5. The first-order valence-electron chi connectivity index (χ1n) is 7.25. The van der Waals surface area contributed by atoms with Gasteiger partial charge in [0.25, 0.3) is 11.8 Å². The number of nitrogens with one attached hydrogen (secondary N) is 3. The van der Waals surface area contributed by atoms with E-state index in [0.29, 0.717) is 17.2 Å². The average Bonchev–Trinajstić information content (AvgIpc) is 3.19. The van der Waals surface area contributed by atoms with Crippen molar-refractivity contribution < 1.29 is 28.2 Å². The van der Waals surface area contributed by atoms with Crippen molar-refractivity contribution in [1.29, 1.82) is 0 Å². The fourth-order valence-corrected chi connectivity index (χ4v) is 2.15. The summed E-state index contributed by atoms with van der Waals surface area (Å²) in [6.45, 7) is 0. The van der Waals surface area contributed by atoms with Crippen LogP contribution in [0.4, 0.5) is 0 Å². The highest BCUT2D eigenvalue weighted by Gasteiger charge is 2.17. The highest BCUT2D eigenvalue weighted by atomic mass is 32.1. The van der Waals surface area contributed by atoms with Gasteiger partial charge in [0.05, 0.1) is 27.6 Å². The Bertz CT molecular complexity index is 781. The Morgan fingerprint density at radius 2 is 1.65 bits per heavy atom. The minimum Gasteiger partial charge on any atom is -0.493 e. The molecule has 0 unspecified atom stereocenters. The van der Waals surface area contributed by atoms with Crippen LogP contribution in [0.2, 0.25) is 0 Å². The number of furan rings is 1. The number of thiocarbonyl (C=S) groups is 1. The summed E-state index contributed by atoms with van der Waals surface area (Å²) in [5.74, 6) is 0.0237. The first-order valence-corrected chi connectivity index (χ1v) is 7.66. The quantitative estimate of drug-likeness (QED) is 0.526. The van der Waals surface area contributed by atoms with Crippen molar-refractivity contribution in [1.82, 2.24) is 16.2 Å². The minimum atomic E-state index is -0.547. The summed E-state index contributed by atoms with van der Waals surface area (Å²) in [6, 6.07) is 6.00. The number of carbonyl (C=O) groups is 2. The molecule has 3 N–H and O–H groups in total. The Morgan fingerprint density at radius 3 is 2.15 bits per heavy atom. The molecule has 0 fully saturated rings. The number of amides is 2. The summed E-state index contributed by atoms with van der Waals surface area (Å²) < 4.78 is 20.5. The molecule has 1 aromatic carbocycles. The van der Waals surface area contributed by atoms with Gasteiger partial charge in [0.15, 0.2) is 22.4 Å². The normalized spacial score (nSPS) is 9.81. The van der Waals surface area contributed by atoms with Crippen molar-refractivity contribution in [3.05, 3.63) is 41.9 Å². The number of benzene rings is 1. The molecule has 0 aliphatic heterocycles. The van der Waals surface area contributed by atoms with Gasteiger partial charge >= 0.3 is 0 Å². The molecule has 2 amide bonds. The molecule has 9 nitrogen and oxygen atoms in total. The van der Waals surface area contributed by atoms with Gasteiger partial charge in [0.1, 0.15) is 0 Å². The first-order chi connectivity index (χ1) is 12.5. The highest BCUT2D eigenvalue weighted by Crippen LogP contribution is 2.38. The number of hydrogen-bond acceptors (Lipinski definition) is 7. The molecular formula is C16H17N3O6S. The van der Waals surface area contributed by atoms with Gasteiger partial charge in [-0.1, -0.05) is 0 Å². The van der Waals surface area contributed by atoms with Crippen LogP contribution in [0.25, 0.3) is 0 Å². The summed E-state index contributed by atoms with van der Waals surface area (Å²) in [5.41, 5.74) is 5.01. The second-order valence-corrected chi connectivity index (χ2v) is 5.16. The third kappa shape index (κ3) is 4.42. The molecule has 26 heavy (non-hydrogen) atoms. The van der Waals surface area contributed by atoms with Crippen LogP contribution in [0.3, 0.4) is 0 Å². The zero-order valence-corrected chi connectivity index (χ0v) is 15.1. The summed E-state index contributed by atoms with van der Waals surface area (Å²) in [7, 11) is 4.34. The Morgan fingerprint density at radius 1 is 1.00 bits per heavy atom. The van der Waals surface area contributed by atoms with Gasteiger partial charge in [-0.05, 0) is 36.5 Å². The fourth-order valence-electron chi connectivity index (χ4n) is 2.00. The van der Waals surface area contributed by atoms with E-state index in [0.717, 1.165) is 0 Å². The van der Waals surface area contributed by atoms with Crippen molar-refractivity contribution >= 4 is 29.1 Å².